The molecular formula is C17H19N3O2S. The van der Waals surface area contributed by atoms with E-state index in [2.05, 4.69) is 15.6 Å². The van der Waals surface area contributed by atoms with Gasteiger partial charge in [-0.25, -0.2) is 4.98 Å². The van der Waals surface area contributed by atoms with E-state index in [-0.39, 0.29) is 6.10 Å². The number of pyridine rings is 1. The average Bonchev–Trinajstić information content (AvgIpc) is 3.09. The number of thiocarbonyl (C=S) groups is 1. The summed E-state index contributed by atoms with van der Waals surface area (Å²) < 4.78 is 11.2. The number of nitrogens with zero attached hydrogens (tertiary/aromatic N) is 1. The van der Waals surface area contributed by atoms with Crippen molar-refractivity contribution in [2.45, 2.75) is 18.9 Å². The highest BCUT2D eigenvalue weighted by molar-refractivity contribution is 7.80. The molecule has 1 aromatic heterocycles. The topological polar surface area (TPSA) is 55.4 Å². The van der Waals surface area contributed by atoms with Gasteiger partial charge in [0.15, 0.2) is 5.11 Å². The minimum atomic E-state index is 0.259. The second-order valence-corrected chi connectivity index (χ2v) is 5.68. The van der Waals surface area contributed by atoms with Crippen LogP contribution in [0.1, 0.15) is 12.8 Å². The largest absolute Gasteiger partial charge is 0.439 e. The van der Waals surface area contributed by atoms with E-state index >= 15 is 0 Å². The Hall–Kier alpha value is -2.18. The normalized spacial score (nSPS) is 16.8. The number of ether oxygens (including phenoxy) is 2. The van der Waals surface area contributed by atoms with E-state index in [1.807, 2.05) is 36.4 Å². The maximum atomic E-state index is 5.65. The predicted octanol–water partition coefficient (Wildman–Crippen LogP) is 3.34. The van der Waals surface area contributed by atoms with Crippen LogP contribution in [0.25, 0.3) is 0 Å². The molecule has 120 valence electrons. The molecule has 0 radical (unpaired) electrons. The highest BCUT2D eigenvalue weighted by atomic mass is 32.1. The first kappa shape index (κ1) is 15.7. The van der Waals surface area contributed by atoms with Crippen LogP contribution in [-0.4, -0.2) is 29.4 Å². The average molecular weight is 329 g/mol. The van der Waals surface area contributed by atoms with Crippen molar-refractivity contribution in [3.05, 3.63) is 48.7 Å². The molecule has 2 heterocycles. The Morgan fingerprint density at radius 2 is 2.13 bits per heavy atom. The Morgan fingerprint density at radius 1 is 1.26 bits per heavy atom. The van der Waals surface area contributed by atoms with E-state index in [9.17, 15) is 0 Å². The van der Waals surface area contributed by atoms with E-state index in [0.717, 1.165) is 37.4 Å². The number of hydrogen-bond acceptors (Lipinski definition) is 4. The Labute approximate surface area is 141 Å². The van der Waals surface area contributed by atoms with Crippen LogP contribution in [0.4, 0.5) is 5.69 Å². The Balaban J connectivity index is 1.47. The minimum Gasteiger partial charge on any atom is -0.439 e. The molecule has 23 heavy (non-hydrogen) atoms. The fourth-order valence-electron chi connectivity index (χ4n) is 2.31. The predicted molar refractivity (Wildman–Crippen MR) is 94.0 cm³/mol. The summed E-state index contributed by atoms with van der Waals surface area (Å²) in [5.74, 6) is 1.30. The lowest BCUT2D eigenvalue weighted by atomic mass is 10.2. The van der Waals surface area contributed by atoms with Gasteiger partial charge in [-0.1, -0.05) is 18.2 Å². The summed E-state index contributed by atoms with van der Waals surface area (Å²) >= 11 is 5.27. The van der Waals surface area contributed by atoms with Crippen molar-refractivity contribution in [3.63, 3.8) is 0 Å². The lowest BCUT2D eigenvalue weighted by molar-refractivity contribution is 0.114. The summed E-state index contributed by atoms with van der Waals surface area (Å²) in [7, 11) is 0. The van der Waals surface area contributed by atoms with E-state index in [1.54, 1.807) is 12.3 Å². The van der Waals surface area contributed by atoms with Crippen molar-refractivity contribution in [2.75, 3.05) is 18.5 Å². The lowest BCUT2D eigenvalue weighted by Crippen LogP contribution is -2.34. The van der Waals surface area contributed by atoms with Gasteiger partial charge in [-0.3, -0.25) is 0 Å². The standard InChI is InChI=1S/C17H19N3O2S/c23-17(19-12-15-7-4-10-21-15)20-13-8-9-16(18-11-13)22-14-5-2-1-3-6-14/h1-3,5-6,8-9,11,15H,4,7,10,12H2,(H2,19,20,23). The fourth-order valence-corrected chi connectivity index (χ4v) is 2.51. The Morgan fingerprint density at radius 3 is 2.83 bits per heavy atom. The van der Waals surface area contributed by atoms with Gasteiger partial charge < -0.3 is 20.1 Å². The van der Waals surface area contributed by atoms with Gasteiger partial charge in [0.2, 0.25) is 5.88 Å². The zero-order valence-corrected chi connectivity index (χ0v) is 13.5. The van der Waals surface area contributed by atoms with E-state index in [1.165, 1.54) is 0 Å². The van der Waals surface area contributed by atoms with E-state index in [0.29, 0.717) is 11.0 Å². The van der Waals surface area contributed by atoms with Crippen LogP contribution >= 0.6 is 12.2 Å². The third-order valence-electron chi connectivity index (χ3n) is 3.47. The third-order valence-corrected chi connectivity index (χ3v) is 3.72. The first-order chi connectivity index (χ1) is 11.3. The molecule has 0 saturated carbocycles. The molecule has 1 unspecified atom stereocenters. The van der Waals surface area contributed by atoms with Crippen LogP contribution in [0, 0.1) is 0 Å². The maximum Gasteiger partial charge on any atom is 0.219 e. The third kappa shape index (κ3) is 4.91. The summed E-state index contributed by atoms with van der Waals surface area (Å²) in [6.45, 7) is 1.58. The quantitative estimate of drug-likeness (QED) is 0.821. The van der Waals surface area contributed by atoms with Crippen LogP contribution in [0.3, 0.4) is 0 Å². The second-order valence-electron chi connectivity index (χ2n) is 5.27. The smallest absolute Gasteiger partial charge is 0.219 e. The summed E-state index contributed by atoms with van der Waals surface area (Å²) in [5.41, 5.74) is 0.815. The van der Waals surface area contributed by atoms with Crippen LogP contribution < -0.4 is 15.4 Å². The number of rotatable bonds is 5. The van der Waals surface area contributed by atoms with Crippen molar-refractivity contribution < 1.29 is 9.47 Å². The molecule has 6 heteroatoms. The molecule has 1 atom stereocenters. The summed E-state index contributed by atoms with van der Waals surface area (Å²) in [5, 5.41) is 6.84. The molecule has 5 nitrogen and oxygen atoms in total. The number of benzene rings is 1. The number of nitrogens with one attached hydrogen (secondary N) is 2. The summed E-state index contributed by atoms with van der Waals surface area (Å²) in [6.07, 6.45) is 4.16. The number of hydrogen-bond donors (Lipinski definition) is 2. The molecule has 2 N–H and O–H groups in total. The maximum absolute atomic E-state index is 5.65. The Kier molecular flexibility index (Phi) is 5.39. The molecule has 1 aromatic carbocycles. The van der Waals surface area contributed by atoms with Crippen LogP contribution in [-0.2, 0) is 4.74 Å². The molecule has 0 amide bonds. The Bertz CT molecular complexity index is 628. The van der Waals surface area contributed by atoms with Crippen molar-refractivity contribution in [1.29, 1.82) is 0 Å². The highest BCUT2D eigenvalue weighted by Crippen LogP contribution is 2.19. The van der Waals surface area contributed by atoms with Gasteiger partial charge in [0.1, 0.15) is 5.75 Å². The molecule has 1 aliphatic rings. The lowest BCUT2D eigenvalue weighted by Gasteiger charge is -2.14. The van der Waals surface area contributed by atoms with Gasteiger partial charge in [0.05, 0.1) is 18.0 Å². The molecule has 0 bridgehead atoms. The molecule has 1 fully saturated rings. The minimum absolute atomic E-state index is 0.259. The van der Waals surface area contributed by atoms with Gasteiger partial charge in [0, 0.05) is 19.2 Å². The van der Waals surface area contributed by atoms with Crippen molar-refractivity contribution >= 4 is 23.0 Å². The number of para-hydroxylation sites is 1. The molecule has 0 aliphatic carbocycles. The van der Waals surface area contributed by atoms with E-state index in [4.69, 9.17) is 21.7 Å². The first-order valence-electron chi connectivity index (χ1n) is 7.65. The molecule has 3 rings (SSSR count). The zero-order chi connectivity index (χ0) is 15.9. The van der Waals surface area contributed by atoms with Gasteiger partial charge >= 0.3 is 0 Å². The van der Waals surface area contributed by atoms with E-state index < -0.39 is 0 Å². The summed E-state index contributed by atoms with van der Waals surface area (Å²) in [6, 6.07) is 13.2. The zero-order valence-electron chi connectivity index (χ0n) is 12.7. The van der Waals surface area contributed by atoms with Crippen molar-refractivity contribution in [2.24, 2.45) is 0 Å². The second kappa shape index (κ2) is 7.89. The van der Waals surface area contributed by atoms with Crippen molar-refractivity contribution in [3.8, 4) is 11.6 Å². The molecule has 1 saturated heterocycles. The fraction of sp³-hybridized carbons (Fsp3) is 0.294. The molecule has 1 aliphatic heterocycles. The van der Waals surface area contributed by atoms with Gasteiger partial charge in [-0.05, 0) is 43.3 Å². The van der Waals surface area contributed by atoms with Crippen LogP contribution in [0.2, 0.25) is 0 Å². The van der Waals surface area contributed by atoms with Crippen molar-refractivity contribution in [1.82, 2.24) is 10.3 Å². The van der Waals surface area contributed by atoms with Gasteiger partial charge in [-0.2, -0.15) is 0 Å². The first-order valence-corrected chi connectivity index (χ1v) is 8.06. The number of aromatic nitrogens is 1. The SMILES string of the molecule is S=C(NCC1CCCO1)Nc1ccc(Oc2ccccc2)nc1. The monoisotopic (exact) mass is 329 g/mol. The van der Waals surface area contributed by atoms with Crippen LogP contribution in [0.15, 0.2) is 48.7 Å². The summed E-state index contributed by atoms with van der Waals surface area (Å²) in [4.78, 5) is 4.27. The van der Waals surface area contributed by atoms with Crippen LogP contribution in [0.5, 0.6) is 11.6 Å². The number of anilines is 1. The molecule has 0 spiro atoms. The highest BCUT2D eigenvalue weighted by Gasteiger charge is 2.15. The van der Waals surface area contributed by atoms with Gasteiger partial charge in [-0.15, -0.1) is 0 Å². The molecular weight excluding hydrogens is 310 g/mol. The van der Waals surface area contributed by atoms with Gasteiger partial charge in [0.25, 0.3) is 0 Å². The molecule has 2 aromatic rings.